The van der Waals surface area contributed by atoms with Crippen molar-refractivity contribution in [2.75, 3.05) is 29.5 Å². The lowest BCUT2D eigenvalue weighted by molar-refractivity contribution is -0.114. The van der Waals surface area contributed by atoms with Crippen LogP contribution in [0.3, 0.4) is 0 Å². The van der Waals surface area contributed by atoms with E-state index in [0.717, 1.165) is 10.6 Å². The molecule has 8 heteroatoms. The van der Waals surface area contributed by atoms with E-state index in [-0.39, 0.29) is 6.54 Å². The smallest absolute Gasteiger partial charge is 0.245 e. The molecule has 0 spiro atoms. The summed E-state index contributed by atoms with van der Waals surface area (Å²) in [6, 6.07) is 13.6. The third-order valence-corrected chi connectivity index (χ3v) is 4.98. The van der Waals surface area contributed by atoms with Crippen LogP contribution in [0.2, 0.25) is 0 Å². The number of anilines is 2. The van der Waals surface area contributed by atoms with Crippen LogP contribution in [0.5, 0.6) is 5.75 Å². The van der Waals surface area contributed by atoms with Gasteiger partial charge in [0.1, 0.15) is 12.3 Å². The molecular weight excluding hydrogens is 396 g/mol. The standard InChI is InChI=1S/C16H17BrN2O4S/c1-23-13-9-7-12(8-10-13)18-16(20)11-19(24(2,21)22)15-6-4-3-5-14(15)17/h3-10H,11H2,1-2H3,(H,18,20). The Hall–Kier alpha value is -2.06. The van der Waals surface area contributed by atoms with E-state index < -0.39 is 15.9 Å². The summed E-state index contributed by atoms with van der Waals surface area (Å²) in [7, 11) is -2.07. The SMILES string of the molecule is COc1ccc(NC(=O)CN(c2ccccc2Br)S(C)(=O)=O)cc1. The summed E-state index contributed by atoms with van der Waals surface area (Å²) in [6.07, 6.45) is 1.06. The van der Waals surface area contributed by atoms with Crippen molar-refractivity contribution in [2.45, 2.75) is 0 Å². The van der Waals surface area contributed by atoms with Crippen molar-refractivity contribution in [3.05, 3.63) is 53.0 Å². The molecule has 24 heavy (non-hydrogen) atoms. The highest BCUT2D eigenvalue weighted by Crippen LogP contribution is 2.27. The summed E-state index contributed by atoms with van der Waals surface area (Å²) in [4.78, 5) is 12.2. The van der Waals surface area contributed by atoms with Gasteiger partial charge in [0.2, 0.25) is 15.9 Å². The largest absolute Gasteiger partial charge is 0.497 e. The summed E-state index contributed by atoms with van der Waals surface area (Å²) < 4.78 is 30.8. The Bertz CT molecular complexity index is 822. The minimum absolute atomic E-state index is 0.326. The topological polar surface area (TPSA) is 75.7 Å². The monoisotopic (exact) mass is 412 g/mol. The first-order valence-corrected chi connectivity index (χ1v) is 9.61. The van der Waals surface area contributed by atoms with Crippen molar-refractivity contribution in [3.63, 3.8) is 0 Å². The first-order chi connectivity index (χ1) is 11.3. The van der Waals surface area contributed by atoms with Crippen molar-refractivity contribution >= 4 is 43.2 Å². The lowest BCUT2D eigenvalue weighted by atomic mass is 10.3. The van der Waals surface area contributed by atoms with Crippen molar-refractivity contribution in [1.82, 2.24) is 0 Å². The van der Waals surface area contributed by atoms with Gasteiger partial charge in [0.15, 0.2) is 0 Å². The van der Waals surface area contributed by atoms with Gasteiger partial charge in [-0.3, -0.25) is 9.10 Å². The Morgan fingerprint density at radius 2 is 1.79 bits per heavy atom. The van der Waals surface area contributed by atoms with Crippen LogP contribution >= 0.6 is 15.9 Å². The van der Waals surface area contributed by atoms with Gasteiger partial charge in [-0.05, 0) is 52.3 Å². The molecule has 0 bridgehead atoms. The van der Waals surface area contributed by atoms with Crippen LogP contribution in [0.15, 0.2) is 53.0 Å². The molecule has 0 aliphatic heterocycles. The van der Waals surface area contributed by atoms with E-state index in [4.69, 9.17) is 4.74 Å². The first-order valence-electron chi connectivity index (χ1n) is 6.97. The van der Waals surface area contributed by atoms with E-state index in [1.807, 2.05) is 0 Å². The summed E-state index contributed by atoms with van der Waals surface area (Å²) >= 11 is 3.31. The number of rotatable bonds is 6. The first kappa shape index (κ1) is 18.3. The van der Waals surface area contributed by atoms with Gasteiger partial charge in [-0.1, -0.05) is 12.1 Å². The number of benzene rings is 2. The molecule has 128 valence electrons. The third-order valence-electron chi connectivity index (χ3n) is 3.18. The fraction of sp³-hybridized carbons (Fsp3) is 0.188. The van der Waals surface area contributed by atoms with Gasteiger partial charge in [0.05, 0.1) is 19.1 Å². The molecule has 0 saturated carbocycles. The Kier molecular flexibility index (Phi) is 5.84. The van der Waals surface area contributed by atoms with Crippen molar-refractivity contribution in [3.8, 4) is 5.75 Å². The Morgan fingerprint density at radius 1 is 1.17 bits per heavy atom. The molecule has 6 nitrogen and oxygen atoms in total. The molecule has 2 aromatic carbocycles. The van der Waals surface area contributed by atoms with Gasteiger partial charge < -0.3 is 10.1 Å². The van der Waals surface area contributed by atoms with Crippen LogP contribution in [0.1, 0.15) is 0 Å². The highest BCUT2D eigenvalue weighted by atomic mass is 79.9. The molecule has 0 radical (unpaired) electrons. The quantitative estimate of drug-likeness (QED) is 0.791. The molecule has 2 rings (SSSR count). The van der Waals surface area contributed by atoms with E-state index in [9.17, 15) is 13.2 Å². The van der Waals surface area contributed by atoms with Crippen molar-refractivity contribution in [2.24, 2.45) is 0 Å². The number of amides is 1. The maximum atomic E-state index is 12.2. The van der Waals surface area contributed by atoms with Gasteiger partial charge in [0.25, 0.3) is 0 Å². The second-order valence-corrected chi connectivity index (χ2v) is 7.76. The molecule has 0 aliphatic carbocycles. The average molecular weight is 413 g/mol. The lowest BCUT2D eigenvalue weighted by Crippen LogP contribution is -2.37. The van der Waals surface area contributed by atoms with Crippen LogP contribution in [0.25, 0.3) is 0 Å². The zero-order chi connectivity index (χ0) is 17.7. The number of halogens is 1. The van der Waals surface area contributed by atoms with E-state index in [0.29, 0.717) is 21.6 Å². The predicted octanol–water partition coefficient (Wildman–Crippen LogP) is 2.86. The Labute approximate surface area is 149 Å². The summed E-state index contributed by atoms with van der Waals surface area (Å²) in [5.74, 6) is 0.223. The lowest BCUT2D eigenvalue weighted by Gasteiger charge is -2.23. The Morgan fingerprint density at radius 3 is 2.33 bits per heavy atom. The summed E-state index contributed by atoms with van der Waals surface area (Å²) in [5.41, 5.74) is 0.964. The van der Waals surface area contributed by atoms with Gasteiger partial charge in [-0.15, -0.1) is 0 Å². The number of nitrogens with one attached hydrogen (secondary N) is 1. The van der Waals surface area contributed by atoms with E-state index in [1.54, 1.807) is 55.6 Å². The van der Waals surface area contributed by atoms with E-state index >= 15 is 0 Å². The molecule has 1 N–H and O–H groups in total. The fourth-order valence-corrected chi connectivity index (χ4v) is 3.52. The van der Waals surface area contributed by atoms with Gasteiger partial charge >= 0.3 is 0 Å². The molecular formula is C16H17BrN2O4S. The number of sulfonamides is 1. The average Bonchev–Trinajstić information content (AvgIpc) is 2.53. The van der Waals surface area contributed by atoms with Crippen LogP contribution in [-0.4, -0.2) is 34.2 Å². The number of hydrogen-bond acceptors (Lipinski definition) is 4. The number of carbonyl (C=O) groups excluding carboxylic acids is 1. The second-order valence-electron chi connectivity index (χ2n) is 5.00. The number of methoxy groups -OCH3 is 1. The molecule has 0 aliphatic rings. The fourth-order valence-electron chi connectivity index (χ4n) is 2.04. The van der Waals surface area contributed by atoms with Crippen LogP contribution < -0.4 is 14.4 Å². The number of hydrogen-bond donors (Lipinski definition) is 1. The molecule has 0 saturated heterocycles. The minimum Gasteiger partial charge on any atom is -0.497 e. The van der Waals surface area contributed by atoms with E-state index in [1.165, 1.54) is 0 Å². The number of carbonyl (C=O) groups is 1. The highest BCUT2D eigenvalue weighted by Gasteiger charge is 2.22. The van der Waals surface area contributed by atoms with Crippen LogP contribution in [-0.2, 0) is 14.8 Å². The highest BCUT2D eigenvalue weighted by molar-refractivity contribution is 9.10. The zero-order valence-corrected chi connectivity index (χ0v) is 15.6. The minimum atomic E-state index is -3.62. The molecule has 1 amide bonds. The molecule has 0 unspecified atom stereocenters. The van der Waals surface area contributed by atoms with Gasteiger partial charge in [-0.25, -0.2) is 8.42 Å². The summed E-state index contributed by atoms with van der Waals surface area (Å²) in [6.45, 7) is -0.326. The van der Waals surface area contributed by atoms with Gasteiger partial charge in [-0.2, -0.15) is 0 Å². The van der Waals surface area contributed by atoms with Crippen LogP contribution in [0.4, 0.5) is 11.4 Å². The number of para-hydroxylation sites is 1. The number of nitrogens with zero attached hydrogens (tertiary/aromatic N) is 1. The molecule has 0 aromatic heterocycles. The molecule has 0 fully saturated rings. The molecule has 2 aromatic rings. The summed E-state index contributed by atoms with van der Waals surface area (Å²) in [5, 5.41) is 2.67. The molecule has 0 atom stereocenters. The number of ether oxygens (including phenoxy) is 1. The van der Waals surface area contributed by atoms with E-state index in [2.05, 4.69) is 21.2 Å². The maximum Gasteiger partial charge on any atom is 0.245 e. The van der Waals surface area contributed by atoms with Crippen molar-refractivity contribution < 1.29 is 17.9 Å². The third kappa shape index (κ3) is 4.72. The van der Waals surface area contributed by atoms with Crippen LogP contribution in [0, 0.1) is 0 Å². The molecule has 0 heterocycles. The predicted molar refractivity (Wildman–Crippen MR) is 98.0 cm³/mol. The second kappa shape index (κ2) is 7.67. The van der Waals surface area contributed by atoms with Gasteiger partial charge in [0, 0.05) is 10.2 Å². The Balaban J connectivity index is 2.17. The maximum absolute atomic E-state index is 12.2. The zero-order valence-electron chi connectivity index (χ0n) is 13.2. The normalized spacial score (nSPS) is 11.0. The van der Waals surface area contributed by atoms with Crippen molar-refractivity contribution in [1.29, 1.82) is 0 Å².